The second-order valence-corrected chi connectivity index (χ2v) is 6.75. The highest BCUT2D eigenvalue weighted by atomic mass is 32.2. The molecule has 0 aliphatic carbocycles. The van der Waals surface area contributed by atoms with E-state index >= 15 is 0 Å². The van der Waals surface area contributed by atoms with Crippen LogP contribution in [-0.4, -0.2) is 10.6 Å². The van der Waals surface area contributed by atoms with E-state index in [9.17, 15) is 4.79 Å². The lowest BCUT2D eigenvalue weighted by Crippen LogP contribution is -2.19. The molecule has 21 heavy (non-hydrogen) atoms. The third-order valence-corrected chi connectivity index (χ3v) is 3.92. The van der Waals surface area contributed by atoms with Crippen LogP contribution in [0.25, 0.3) is 0 Å². The molecule has 0 radical (unpaired) electrons. The van der Waals surface area contributed by atoms with Crippen LogP contribution in [0.4, 0.5) is 0 Å². The molecule has 0 fully saturated rings. The SMILES string of the molecule is CC(C)(c1ccccc1)c1ccc(OC(=O)C(S)S)cc1. The Morgan fingerprint density at radius 2 is 1.48 bits per heavy atom. The zero-order valence-corrected chi connectivity index (χ0v) is 13.8. The largest absolute Gasteiger partial charge is 0.425 e. The van der Waals surface area contributed by atoms with Gasteiger partial charge in [0.15, 0.2) is 0 Å². The highest BCUT2D eigenvalue weighted by Gasteiger charge is 2.22. The van der Waals surface area contributed by atoms with E-state index < -0.39 is 10.6 Å². The van der Waals surface area contributed by atoms with Gasteiger partial charge in [-0.1, -0.05) is 56.3 Å². The van der Waals surface area contributed by atoms with Crippen LogP contribution in [-0.2, 0) is 10.2 Å². The van der Waals surface area contributed by atoms with Gasteiger partial charge in [0.1, 0.15) is 10.3 Å². The van der Waals surface area contributed by atoms with Crippen LogP contribution in [0.15, 0.2) is 54.6 Å². The van der Waals surface area contributed by atoms with Gasteiger partial charge in [-0.25, -0.2) is 4.79 Å². The Morgan fingerprint density at radius 1 is 0.952 bits per heavy atom. The van der Waals surface area contributed by atoms with Crippen molar-refractivity contribution in [1.82, 2.24) is 0 Å². The molecule has 110 valence electrons. The average Bonchev–Trinajstić information content (AvgIpc) is 2.48. The third-order valence-electron chi connectivity index (χ3n) is 3.50. The summed E-state index contributed by atoms with van der Waals surface area (Å²) in [5.74, 6) is 0.0254. The van der Waals surface area contributed by atoms with E-state index in [-0.39, 0.29) is 5.41 Å². The molecule has 2 rings (SSSR count). The Bertz CT molecular complexity index is 604. The molecule has 0 saturated heterocycles. The number of carbonyl (C=O) groups is 1. The van der Waals surface area contributed by atoms with E-state index in [1.807, 2.05) is 30.3 Å². The summed E-state index contributed by atoms with van der Waals surface area (Å²) in [6.45, 7) is 4.33. The Kier molecular flexibility index (Phi) is 5.01. The minimum atomic E-state index is -0.731. The molecule has 0 atom stereocenters. The second kappa shape index (κ2) is 6.58. The molecule has 0 N–H and O–H groups in total. The van der Waals surface area contributed by atoms with Crippen LogP contribution in [0.3, 0.4) is 0 Å². The smallest absolute Gasteiger partial charge is 0.334 e. The summed E-state index contributed by atoms with van der Waals surface area (Å²) >= 11 is 7.85. The summed E-state index contributed by atoms with van der Waals surface area (Å²) in [4.78, 5) is 11.4. The number of carbonyl (C=O) groups excluding carboxylic acids is 1. The maximum atomic E-state index is 11.4. The summed E-state index contributed by atoms with van der Waals surface area (Å²) in [6, 6.07) is 17.8. The molecule has 2 aromatic carbocycles. The normalized spacial score (nSPS) is 11.5. The van der Waals surface area contributed by atoms with Gasteiger partial charge >= 0.3 is 5.97 Å². The minimum absolute atomic E-state index is 0.112. The molecule has 2 nitrogen and oxygen atoms in total. The first kappa shape index (κ1) is 16.0. The van der Waals surface area contributed by atoms with Crippen molar-refractivity contribution in [3.05, 3.63) is 65.7 Å². The van der Waals surface area contributed by atoms with Gasteiger partial charge in [-0.2, -0.15) is 25.3 Å². The number of esters is 1. The minimum Gasteiger partial charge on any atom is -0.425 e. The van der Waals surface area contributed by atoms with Gasteiger partial charge in [0, 0.05) is 5.41 Å². The summed E-state index contributed by atoms with van der Waals surface area (Å²) in [5.41, 5.74) is 2.28. The molecule has 4 heteroatoms. The first-order chi connectivity index (χ1) is 9.91. The average molecular weight is 318 g/mol. The van der Waals surface area contributed by atoms with E-state index in [2.05, 4.69) is 51.2 Å². The van der Waals surface area contributed by atoms with Crippen molar-refractivity contribution in [1.29, 1.82) is 0 Å². The van der Waals surface area contributed by atoms with E-state index in [1.165, 1.54) is 5.56 Å². The number of hydrogen-bond donors (Lipinski definition) is 2. The fourth-order valence-corrected chi connectivity index (χ4v) is 2.24. The predicted octanol–water partition coefficient (Wildman–Crippen LogP) is 4.10. The molecule has 0 aliphatic rings. The van der Waals surface area contributed by atoms with E-state index in [1.54, 1.807) is 12.1 Å². The molecule has 0 spiro atoms. The van der Waals surface area contributed by atoms with Crippen LogP contribution < -0.4 is 4.74 Å². The lowest BCUT2D eigenvalue weighted by molar-refractivity contribution is -0.132. The first-order valence-electron chi connectivity index (χ1n) is 6.65. The lowest BCUT2D eigenvalue weighted by atomic mass is 9.78. The summed E-state index contributed by atoms with van der Waals surface area (Å²) in [6.07, 6.45) is 0. The van der Waals surface area contributed by atoms with Crippen molar-refractivity contribution in [3.63, 3.8) is 0 Å². The second-order valence-electron chi connectivity index (χ2n) is 5.31. The molecule has 0 saturated carbocycles. The molecular formula is C17H18O2S2. The number of hydrogen-bond acceptors (Lipinski definition) is 4. The van der Waals surface area contributed by atoms with Crippen molar-refractivity contribution < 1.29 is 9.53 Å². The molecular weight excluding hydrogens is 300 g/mol. The van der Waals surface area contributed by atoms with Gasteiger partial charge in [0.25, 0.3) is 0 Å². The van der Waals surface area contributed by atoms with Crippen LogP contribution >= 0.6 is 25.3 Å². The van der Waals surface area contributed by atoms with Gasteiger partial charge in [0.2, 0.25) is 0 Å². The maximum absolute atomic E-state index is 11.4. The fraction of sp³-hybridized carbons (Fsp3) is 0.235. The van der Waals surface area contributed by atoms with Crippen molar-refractivity contribution >= 4 is 31.2 Å². The van der Waals surface area contributed by atoms with Crippen molar-refractivity contribution in [3.8, 4) is 5.75 Å². The molecule has 2 aromatic rings. The molecule has 0 amide bonds. The highest BCUT2D eigenvalue weighted by molar-refractivity contribution is 8.00. The summed E-state index contributed by atoms with van der Waals surface area (Å²) in [7, 11) is 0. The van der Waals surface area contributed by atoms with E-state index in [0.717, 1.165) is 5.56 Å². The number of thiol groups is 2. The predicted molar refractivity (Wildman–Crippen MR) is 92.4 cm³/mol. The summed E-state index contributed by atoms with van der Waals surface area (Å²) < 4.78 is 4.43. The Labute approximate surface area is 136 Å². The monoisotopic (exact) mass is 318 g/mol. The van der Waals surface area contributed by atoms with Gasteiger partial charge in [0.05, 0.1) is 0 Å². The van der Waals surface area contributed by atoms with Gasteiger partial charge in [-0.05, 0) is 23.3 Å². The van der Waals surface area contributed by atoms with E-state index in [0.29, 0.717) is 5.75 Å². The van der Waals surface area contributed by atoms with Gasteiger partial charge < -0.3 is 4.74 Å². The zero-order valence-electron chi connectivity index (χ0n) is 12.0. The fourth-order valence-electron chi connectivity index (χ4n) is 2.13. The molecule has 0 bridgehead atoms. The number of rotatable bonds is 4. The van der Waals surface area contributed by atoms with Crippen molar-refractivity contribution in [2.75, 3.05) is 0 Å². The molecule has 0 aromatic heterocycles. The Morgan fingerprint density at radius 3 is 2.00 bits per heavy atom. The topological polar surface area (TPSA) is 26.3 Å². The number of ether oxygens (including phenoxy) is 1. The zero-order chi connectivity index (χ0) is 15.5. The molecule has 0 aliphatic heterocycles. The standard InChI is InChI=1S/C17H18O2S2/c1-17(2,12-6-4-3-5-7-12)13-8-10-14(11-9-13)19-15(18)16(20)21/h3-11,16,20-21H,1-2H3. The van der Waals surface area contributed by atoms with Crippen molar-refractivity contribution in [2.45, 2.75) is 23.8 Å². The quantitative estimate of drug-likeness (QED) is 0.384. The number of benzene rings is 2. The van der Waals surface area contributed by atoms with E-state index in [4.69, 9.17) is 4.74 Å². The van der Waals surface area contributed by atoms with Crippen LogP contribution in [0.5, 0.6) is 5.75 Å². The van der Waals surface area contributed by atoms with Gasteiger partial charge in [-0.15, -0.1) is 0 Å². The summed E-state index contributed by atoms with van der Waals surface area (Å²) in [5, 5.41) is 0. The first-order valence-corrected chi connectivity index (χ1v) is 7.68. The molecule has 0 heterocycles. The third kappa shape index (κ3) is 3.83. The van der Waals surface area contributed by atoms with Crippen LogP contribution in [0.1, 0.15) is 25.0 Å². The van der Waals surface area contributed by atoms with Gasteiger partial charge in [-0.3, -0.25) is 0 Å². The van der Waals surface area contributed by atoms with Crippen molar-refractivity contribution in [2.24, 2.45) is 0 Å². The maximum Gasteiger partial charge on any atom is 0.334 e. The van der Waals surface area contributed by atoms with Crippen LogP contribution in [0, 0.1) is 0 Å². The highest BCUT2D eigenvalue weighted by Crippen LogP contribution is 2.32. The lowest BCUT2D eigenvalue weighted by Gasteiger charge is -2.26. The Balaban J connectivity index is 2.21. The Hall–Kier alpha value is -1.39. The van der Waals surface area contributed by atoms with Crippen LogP contribution in [0.2, 0.25) is 0 Å². The molecule has 0 unspecified atom stereocenters.